The van der Waals surface area contributed by atoms with Gasteiger partial charge in [0.25, 0.3) is 0 Å². The molecule has 78 valence electrons. The van der Waals surface area contributed by atoms with Crippen molar-refractivity contribution >= 4 is 15.8 Å². The van der Waals surface area contributed by atoms with Gasteiger partial charge in [-0.25, -0.2) is 8.42 Å². The molecule has 0 aliphatic rings. The summed E-state index contributed by atoms with van der Waals surface area (Å²) in [5.41, 5.74) is 5.44. The first-order valence-corrected chi connectivity index (χ1v) is 5.76. The third kappa shape index (κ3) is 5.59. The zero-order valence-electron chi connectivity index (χ0n) is 7.82. The molecule has 13 heavy (non-hydrogen) atoms. The Bertz CT molecular complexity index is 260. The van der Waals surface area contributed by atoms with Crippen molar-refractivity contribution in [3.05, 3.63) is 0 Å². The maximum atomic E-state index is 11.2. The maximum Gasteiger partial charge on any atom is 0.320 e. The Hall–Kier alpha value is -0.620. The number of hydrogen-bond acceptors (Lipinski definition) is 5. The predicted molar refractivity (Wildman–Crippen MR) is 48.9 cm³/mol. The number of hydrogen-bond donors (Lipinski definition) is 1. The summed E-state index contributed by atoms with van der Waals surface area (Å²) in [5, 5.41) is 0. The maximum absolute atomic E-state index is 11.2. The van der Waals surface area contributed by atoms with Gasteiger partial charge >= 0.3 is 5.97 Å². The van der Waals surface area contributed by atoms with Crippen LogP contribution in [0.4, 0.5) is 0 Å². The molecule has 0 saturated heterocycles. The van der Waals surface area contributed by atoms with Crippen LogP contribution in [-0.4, -0.2) is 39.0 Å². The molecule has 1 atom stereocenters. The topological polar surface area (TPSA) is 86.5 Å². The second kappa shape index (κ2) is 5.18. The lowest BCUT2D eigenvalue weighted by Gasteiger charge is -2.08. The van der Waals surface area contributed by atoms with Crippen LogP contribution < -0.4 is 5.73 Å². The Labute approximate surface area is 78.2 Å². The highest BCUT2D eigenvalue weighted by atomic mass is 32.2. The van der Waals surface area contributed by atoms with Crippen LogP contribution in [0.15, 0.2) is 0 Å². The molecular formula is C7H15NO4S. The van der Waals surface area contributed by atoms with Crippen molar-refractivity contribution in [3.63, 3.8) is 0 Å². The summed E-state index contributed by atoms with van der Waals surface area (Å²) < 4.78 is 26.6. The number of carbonyl (C=O) groups is 1. The van der Waals surface area contributed by atoms with Gasteiger partial charge in [-0.15, -0.1) is 0 Å². The van der Waals surface area contributed by atoms with Crippen molar-refractivity contribution in [2.45, 2.75) is 19.4 Å². The van der Waals surface area contributed by atoms with Crippen molar-refractivity contribution in [1.82, 2.24) is 0 Å². The predicted octanol–water partition coefficient (Wildman–Crippen LogP) is -0.688. The second-order valence-corrected chi connectivity index (χ2v) is 4.91. The van der Waals surface area contributed by atoms with E-state index in [9.17, 15) is 13.2 Å². The minimum absolute atomic E-state index is 0.168. The van der Waals surface area contributed by atoms with Crippen LogP contribution in [0.25, 0.3) is 0 Å². The van der Waals surface area contributed by atoms with Gasteiger partial charge < -0.3 is 10.5 Å². The molecule has 0 amide bonds. The van der Waals surface area contributed by atoms with Gasteiger partial charge in [0.2, 0.25) is 0 Å². The number of ether oxygens (including phenoxy) is 1. The molecule has 0 aromatic heterocycles. The lowest BCUT2D eigenvalue weighted by Crippen LogP contribution is -2.32. The van der Waals surface area contributed by atoms with Crippen LogP contribution in [0, 0.1) is 0 Å². The van der Waals surface area contributed by atoms with E-state index in [1.807, 2.05) is 0 Å². The third-order valence-corrected chi connectivity index (χ3v) is 3.17. The normalized spacial score (nSPS) is 13.8. The minimum atomic E-state index is -3.40. The zero-order chi connectivity index (χ0) is 10.5. The van der Waals surface area contributed by atoms with E-state index in [2.05, 4.69) is 4.74 Å². The summed E-state index contributed by atoms with van der Waals surface area (Å²) >= 11 is 0. The molecule has 0 aromatic rings. The van der Waals surface area contributed by atoms with Crippen molar-refractivity contribution < 1.29 is 17.9 Å². The number of methoxy groups -OCH3 is 1. The quantitative estimate of drug-likeness (QED) is 0.606. The Morgan fingerprint density at radius 1 is 1.54 bits per heavy atom. The van der Waals surface area contributed by atoms with Crippen molar-refractivity contribution in [3.8, 4) is 0 Å². The second-order valence-electron chi connectivity index (χ2n) is 2.80. The Morgan fingerprint density at radius 2 is 2.08 bits per heavy atom. The first-order chi connectivity index (χ1) is 5.91. The summed E-state index contributed by atoms with van der Waals surface area (Å²) in [7, 11) is -2.25. The molecule has 0 saturated carbocycles. The van der Waals surface area contributed by atoms with Crippen molar-refractivity contribution in [2.75, 3.05) is 18.6 Å². The molecule has 0 aliphatic carbocycles. The molecule has 0 aromatic carbocycles. The van der Waals surface area contributed by atoms with Crippen molar-refractivity contribution in [1.29, 1.82) is 0 Å². The lowest BCUT2D eigenvalue weighted by molar-refractivity contribution is -0.137. The zero-order valence-corrected chi connectivity index (χ0v) is 8.63. The van der Waals surface area contributed by atoms with E-state index in [4.69, 9.17) is 5.73 Å². The first-order valence-electron chi connectivity index (χ1n) is 3.94. The molecule has 0 aliphatic heterocycles. The van der Waals surface area contributed by atoms with Gasteiger partial charge in [-0.2, -0.15) is 0 Å². The molecule has 2 N–H and O–H groups in total. The molecule has 0 spiro atoms. The van der Waals surface area contributed by atoms with E-state index in [-0.39, 0.29) is 5.75 Å². The molecule has 0 fully saturated rings. The van der Waals surface area contributed by atoms with Crippen LogP contribution in [0.1, 0.15) is 13.3 Å². The molecular weight excluding hydrogens is 194 g/mol. The van der Waals surface area contributed by atoms with Crippen LogP contribution in [0.5, 0.6) is 0 Å². The number of nitrogens with two attached hydrogens (primary N) is 1. The molecule has 1 unspecified atom stereocenters. The van der Waals surface area contributed by atoms with E-state index in [0.29, 0.717) is 6.42 Å². The van der Waals surface area contributed by atoms with Crippen LogP contribution in [0.2, 0.25) is 0 Å². The van der Waals surface area contributed by atoms with Gasteiger partial charge in [-0.05, 0) is 6.42 Å². The number of esters is 1. The summed E-state index contributed by atoms with van der Waals surface area (Å²) in [6.45, 7) is 1.79. The average molecular weight is 209 g/mol. The molecule has 5 nitrogen and oxygen atoms in total. The van der Waals surface area contributed by atoms with E-state index < -0.39 is 27.6 Å². The van der Waals surface area contributed by atoms with E-state index >= 15 is 0 Å². The first kappa shape index (κ1) is 12.4. The lowest BCUT2D eigenvalue weighted by atomic mass is 10.3. The Kier molecular flexibility index (Phi) is 4.94. The highest BCUT2D eigenvalue weighted by Gasteiger charge is 2.19. The molecule has 0 radical (unpaired) electrons. The fourth-order valence-corrected chi connectivity index (χ4v) is 2.22. The standard InChI is InChI=1S/C7H15NO4S/c1-3-6(8)4-13(10,11)5-7(9)12-2/h6H,3-5,8H2,1-2H3. The molecule has 0 heterocycles. The monoisotopic (exact) mass is 209 g/mol. The Balaban J connectivity index is 4.17. The number of sulfone groups is 1. The highest BCUT2D eigenvalue weighted by Crippen LogP contribution is 1.97. The SMILES string of the molecule is CCC(N)CS(=O)(=O)CC(=O)OC. The van der Waals surface area contributed by atoms with Crippen LogP contribution >= 0.6 is 0 Å². The summed E-state index contributed by atoms with van der Waals surface area (Å²) in [5.74, 6) is -1.50. The summed E-state index contributed by atoms with van der Waals surface area (Å²) in [4.78, 5) is 10.7. The molecule has 6 heteroatoms. The average Bonchev–Trinajstić information content (AvgIpc) is 2.02. The number of carbonyl (C=O) groups excluding carboxylic acids is 1. The molecule has 0 bridgehead atoms. The molecule has 0 rings (SSSR count). The van der Waals surface area contributed by atoms with Gasteiger partial charge in [0.15, 0.2) is 9.84 Å². The fourth-order valence-electron chi connectivity index (χ4n) is 0.741. The largest absolute Gasteiger partial charge is 0.468 e. The number of rotatable bonds is 5. The van der Waals surface area contributed by atoms with Gasteiger partial charge in [0.05, 0.1) is 12.9 Å². The van der Waals surface area contributed by atoms with Crippen LogP contribution in [-0.2, 0) is 19.4 Å². The Morgan fingerprint density at radius 3 is 2.46 bits per heavy atom. The van der Waals surface area contributed by atoms with E-state index in [1.54, 1.807) is 6.92 Å². The van der Waals surface area contributed by atoms with Crippen LogP contribution in [0.3, 0.4) is 0 Å². The fraction of sp³-hybridized carbons (Fsp3) is 0.857. The van der Waals surface area contributed by atoms with Gasteiger partial charge in [0, 0.05) is 6.04 Å². The van der Waals surface area contributed by atoms with Crippen molar-refractivity contribution in [2.24, 2.45) is 5.73 Å². The van der Waals surface area contributed by atoms with E-state index in [0.717, 1.165) is 7.11 Å². The van der Waals surface area contributed by atoms with Gasteiger partial charge in [-0.1, -0.05) is 6.92 Å². The summed E-state index contributed by atoms with van der Waals surface area (Å²) in [6.07, 6.45) is 0.570. The van der Waals surface area contributed by atoms with E-state index in [1.165, 1.54) is 0 Å². The minimum Gasteiger partial charge on any atom is -0.468 e. The highest BCUT2D eigenvalue weighted by molar-refractivity contribution is 7.92. The smallest absolute Gasteiger partial charge is 0.320 e. The third-order valence-electron chi connectivity index (χ3n) is 1.56. The van der Waals surface area contributed by atoms with Gasteiger partial charge in [0.1, 0.15) is 5.75 Å². The summed E-state index contributed by atoms with van der Waals surface area (Å²) in [6, 6.07) is -0.408. The van der Waals surface area contributed by atoms with Gasteiger partial charge in [-0.3, -0.25) is 4.79 Å².